The number of benzene rings is 2. The van der Waals surface area contributed by atoms with Crippen molar-refractivity contribution in [3.63, 3.8) is 0 Å². The maximum absolute atomic E-state index is 13.4. The van der Waals surface area contributed by atoms with Crippen molar-refractivity contribution in [1.82, 2.24) is 15.8 Å². The zero-order valence-corrected chi connectivity index (χ0v) is 18.7. The maximum atomic E-state index is 13.4. The Kier molecular flexibility index (Phi) is 6.49. The number of carbonyl (C=O) groups excluding carboxylic acids is 3. The summed E-state index contributed by atoms with van der Waals surface area (Å²) in [6.07, 6.45) is 4.58. The molecule has 3 aromatic rings. The first kappa shape index (κ1) is 22.2. The minimum absolute atomic E-state index is 0.0256. The Hall–Kier alpha value is -4.00. The van der Waals surface area contributed by atoms with Crippen LogP contribution in [0, 0.1) is 5.92 Å². The van der Waals surface area contributed by atoms with Gasteiger partial charge in [-0.2, -0.15) is 0 Å². The van der Waals surface area contributed by atoms with Gasteiger partial charge in [-0.3, -0.25) is 30.2 Å². The van der Waals surface area contributed by atoms with E-state index in [1.165, 1.54) is 6.92 Å². The van der Waals surface area contributed by atoms with Crippen LogP contribution in [0.4, 0.5) is 5.69 Å². The van der Waals surface area contributed by atoms with Crippen molar-refractivity contribution in [3.8, 4) is 11.1 Å². The highest BCUT2D eigenvalue weighted by Crippen LogP contribution is 2.36. The zero-order chi connectivity index (χ0) is 23.4. The molecule has 0 saturated heterocycles. The van der Waals surface area contributed by atoms with Crippen molar-refractivity contribution in [2.24, 2.45) is 5.92 Å². The quantitative estimate of drug-likeness (QED) is 0.593. The molecule has 2 aromatic carbocycles. The summed E-state index contributed by atoms with van der Waals surface area (Å²) in [5.74, 6) is -0.960. The van der Waals surface area contributed by atoms with Crippen LogP contribution in [0.2, 0.25) is 0 Å². The number of hydrogen-bond acceptors (Lipinski definition) is 4. The topological polar surface area (TPSA) is 91.4 Å². The van der Waals surface area contributed by atoms with Gasteiger partial charge in [0.25, 0.3) is 5.91 Å². The number of amides is 3. The number of pyridine rings is 1. The predicted octanol–water partition coefficient (Wildman–Crippen LogP) is 3.30. The molecule has 0 fully saturated rings. The van der Waals surface area contributed by atoms with E-state index in [1.54, 1.807) is 23.4 Å². The number of rotatable bonds is 5. The Morgan fingerprint density at radius 2 is 1.73 bits per heavy atom. The molecule has 168 valence electrons. The standard InChI is InChI=1S/C26H26N4O3/c1-17(14-19-6-4-3-5-7-19)26(33)30-13-10-22-23(25(32)29-28-18(2)31)15-21(16-24(22)30)20-8-11-27-12-9-20/h3-9,11-12,15-17H,10,13-14H2,1-2H3,(H,28,31)(H,29,32)/t17-/m0/s1. The van der Waals surface area contributed by atoms with Gasteiger partial charge in [0, 0.05) is 43.0 Å². The summed E-state index contributed by atoms with van der Waals surface area (Å²) in [5, 5.41) is 0. The third-order valence-corrected chi connectivity index (χ3v) is 5.79. The van der Waals surface area contributed by atoms with Gasteiger partial charge >= 0.3 is 0 Å². The SMILES string of the molecule is CC(=O)NNC(=O)c1cc(-c2ccncc2)cc2c1CCN2C(=O)[C@@H](C)Cc1ccccc1. The third kappa shape index (κ3) is 4.92. The van der Waals surface area contributed by atoms with Gasteiger partial charge in [0.2, 0.25) is 11.8 Å². The number of fused-ring (bicyclic) bond motifs is 1. The molecule has 2 N–H and O–H groups in total. The van der Waals surface area contributed by atoms with Gasteiger partial charge < -0.3 is 4.90 Å². The van der Waals surface area contributed by atoms with Crippen LogP contribution in [0.3, 0.4) is 0 Å². The fourth-order valence-electron chi connectivity index (χ4n) is 4.18. The molecule has 0 unspecified atom stereocenters. The van der Waals surface area contributed by atoms with Crippen molar-refractivity contribution in [2.45, 2.75) is 26.7 Å². The Bertz CT molecular complexity index is 1180. The molecule has 0 radical (unpaired) electrons. The van der Waals surface area contributed by atoms with Gasteiger partial charge in [0.15, 0.2) is 0 Å². The summed E-state index contributed by atoms with van der Waals surface area (Å²) in [6, 6.07) is 17.4. The maximum Gasteiger partial charge on any atom is 0.270 e. The number of carbonyl (C=O) groups is 3. The lowest BCUT2D eigenvalue weighted by Gasteiger charge is -2.23. The molecule has 1 aliphatic rings. The lowest BCUT2D eigenvalue weighted by Crippen LogP contribution is -2.40. The molecule has 3 amide bonds. The van der Waals surface area contributed by atoms with E-state index in [2.05, 4.69) is 15.8 Å². The molecule has 0 aliphatic carbocycles. The first-order valence-corrected chi connectivity index (χ1v) is 10.9. The zero-order valence-electron chi connectivity index (χ0n) is 18.7. The predicted molar refractivity (Wildman–Crippen MR) is 126 cm³/mol. The second-order valence-corrected chi connectivity index (χ2v) is 8.22. The minimum atomic E-state index is -0.413. The summed E-state index contributed by atoms with van der Waals surface area (Å²) < 4.78 is 0. The molecule has 7 heteroatoms. The molecule has 0 spiro atoms. The lowest BCUT2D eigenvalue weighted by molar-refractivity contribution is -0.122. The summed E-state index contributed by atoms with van der Waals surface area (Å²) in [6.45, 7) is 3.77. The Morgan fingerprint density at radius 3 is 2.42 bits per heavy atom. The van der Waals surface area contributed by atoms with E-state index in [1.807, 2.05) is 55.5 Å². The fraction of sp³-hybridized carbons (Fsp3) is 0.231. The number of hydrazine groups is 1. The Labute approximate surface area is 192 Å². The second kappa shape index (κ2) is 9.65. The molecule has 1 atom stereocenters. The van der Waals surface area contributed by atoms with Crippen molar-refractivity contribution in [2.75, 3.05) is 11.4 Å². The van der Waals surface area contributed by atoms with Crippen LogP contribution >= 0.6 is 0 Å². The van der Waals surface area contributed by atoms with E-state index in [4.69, 9.17) is 0 Å². The first-order chi connectivity index (χ1) is 15.9. The fourth-order valence-corrected chi connectivity index (χ4v) is 4.18. The average molecular weight is 443 g/mol. The van der Waals surface area contributed by atoms with Crippen LogP contribution in [0.5, 0.6) is 0 Å². The molecule has 1 aromatic heterocycles. The minimum Gasteiger partial charge on any atom is -0.312 e. The van der Waals surface area contributed by atoms with E-state index in [0.29, 0.717) is 24.9 Å². The van der Waals surface area contributed by atoms with Crippen LogP contribution < -0.4 is 15.8 Å². The number of hydrogen-bond donors (Lipinski definition) is 2. The largest absolute Gasteiger partial charge is 0.312 e. The molecule has 0 saturated carbocycles. The van der Waals surface area contributed by atoms with E-state index in [9.17, 15) is 14.4 Å². The van der Waals surface area contributed by atoms with E-state index in [0.717, 1.165) is 27.9 Å². The molecular weight excluding hydrogens is 416 g/mol. The van der Waals surface area contributed by atoms with Crippen molar-refractivity contribution in [3.05, 3.63) is 83.7 Å². The van der Waals surface area contributed by atoms with Crippen LogP contribution in [0.1, 0.15) is 35.3 Å². The van der Waals surface area contributed by atoms with Crippen LogP contribution in [-0.4, -0.2) is 29.3 Å². The van der Waals surface area contributed by atoms with Crippen molar-refractivity contribution < 1.29 is 14.4 Å². The number of nitrogens with one attached hydrogen (secondary N) is 2. The molecule has 33 heavy (non-hydrogen) atoms. The molecule has 0 bridgehead atoms. The molecule has 4 rings (SSSR count). The highest BCUT2D eigenvalue weighted by Gasteiger charge is 2.31. The van der Waals surface area contributed by atoms with E-state index < -0.39 is 5.91 Å². The number of aromatic nitrogens is 1. The van der Waals surface area contributed by atoms with Crippen LogP contribution in [-0.2, 0) is 22.4 Å². The third-order valence-electron chi connectivity index (χ3n) is 5.79. The smallest absolute Gasteiger partial charge is 0.270 e. The van der Waals surface area contributed by atoms with Gasteiger partial charge in [-0.15, -0.1) is 0 Å². The lowest BCUT2D eigenvalue weighted by atomic mass is 9.96. The molecular formula is C26H26N4O3. The summed E-state index contributed by atoms with van der Waals surface area (Å²) in [5.41, 5.74) is 9.58. The molecule has 1 aliphatic heterocycles. The first-order valence-electron chi connectivity index (χ1n) is 10.9. The van der Waals surface area contributed by atoms with E-state index in [-0.39, 0.29) is 17.7 Å². The average Bonchev–Trinajstić information content (AvgIpc) is 3.26. The normalized spacial score (nSPS) is 13.2. The molecule has 2 heterocycles. The Balaban J connectivity index is 1.69. The summed E-state index contributed by atoms with van der Waals surface area (Å²) >= 11 is 0. The van der Waals surface area contributed by atoms with Gasteiger partial charge in [-0.25, -0.2) is 0 Å². The van der Waals surface area contributed by atoms with Crippen LogP contribution in [0.25, 0.3) is 11.1 Å². The van der Waals surface area contributed by atoms with Gasteiger partial charge in [-0.05, 0) is 59.4 Å². The highest BCUT2D eigenvalue weighted by molar-refractivity contribution is 6.04. The van der Waals surface area contributed by atoms with Crippen molar-refractivity contribution >= 4 is 23.4 Å². The van der Waals surface area contributed by atoms with Gasteiger partial charge in [0.05, 0.1) is 0 Å². The van der Waals surface area contributed by atoms with Gasteiger partial charge in [0.1, 0.15) is 0 Å². The van der Waals surface area contributed by atoms with Crippen molar-refractivity contribution in [1.29, 1.82) is 0 Å². The second-order valence-electron chi connectivity index (χ2n) is 8.22. The monoisotopic (exact) mass is 442 g/mol. The molecule has 7 nitrogen and oxygen atoms in total. The Morgan fingerprint density at radius 1 is 1.00 bits per heavy atom. The van der Waals surface area contributed by atoms with Gasteiger partial charge in [-0.1, -0.05) is 37.3 Å². The summed E-state index contributed by atoms with van der Waals surface area (Å²) in [7, 11) is 0. The number of anilines is 1. The van der Waals surface area contributed by atoms with E-state index >= 15 is 0 Å². The number of nitrogens with zero attached hydrogens (tertiary/aromatic N) is 2. The van der Waals surface area contributed by atoms with Crippen LogP contribution in [0.15, 0.2) is 67.0 Å². The summed E-state index contributed by atoms with van der Waals surface area (Å²) in [4.78, 5) is 43.4. The highest BCUT2D eigenvalue weighted by atomic mass is 16.2.